The maximum absolute atomic E-state index is 5.72. The van der Waals surface area contributed by atoms with E-state index in [1.54, 1.807) is 30.9 Å². The van der Waals surface area contributed by atoms with E-state index in [1.807, 2.05) is 31.2 Å². The first-order valence-electron chi connectivity index (χ1n) is 6.61. The molecule has 0 bridgehead atoms. The summed E-state index contributed by atoms with van der Waals surface area (Å²) in [6.45, 7) is 1.86. The Kier molecular flexibility index (Phi) is 3.78. The molecule has 1 aromatic carbocycles. The molecule has 2 aromatic heterocycles. The molecule has 22 heavy (non-hydrogen) atoms. The highest BCUT2D eigenvalue weighted by molar-refractivity contribution is 5.79. The number of nitrogens with two attached hydrogens (primary N) is 1. The van der Waals surface area contributed by atoms with Crippen molar-refractivity contribution in [3.05, 3.63) is 60.2 Å². The minimum Gasteiger partial charge on any atom is -0.424 e. The molecule has 3 rings (SSSR count). The summed E-state index contributed by atoms with van der Waals surface area (Å²) in [4.78, 5) is 12.1. The van der Waals surface area contributed by atoms with Crippen molar-refractivity contribution in [2.24, 2.45) is 5.10 Å². The molecule has 0 fully saturated rings. The van der Waals surface area contributed by atoms with Crippen molar-refractivity contribution in [1.82, 2.24) is 19.6 Å². The van der Waals surface area contributed by atoms with Gasteiger partial charge in [-0.1, -0.05) is 0 Å². The second-order valence-electron chi connectivity index (χ2n) is 4.53. The molecule has 7 nitrogen and oxygen atoms in total. The largest absolute Gasteiger partial charge is 0.424 e. The summed E-state index contributed by atoms with van der Waals surface area (Å²) < 4.78 is 7.04. The molecule has 0 atom stereocenters. The number of hydrogen-bond acceptors (Lipinski definition) is 6. The van der Waals surface area contributed by atoms with Gasteiger partial charge in [-0.3, -0.25) is 0 Å². The van der Waals surface area contributed by atoms with Crippen molar-refractivity contribution in [1.29, 1.82) is 0 Å². The predicted octanol–water partition coefficient (Wildman–Crippen LogP) is 2.24. The van der Waals surface area contributed by atoms with Gasteiger partial charge in [0.15, 0.2) is 0 Å². The number of imidazole rings is 1. The van der Waals surface area contributed by atoms with Crippen LogP contribution in [0.15, 0.2) is 54.0 Å². The van der Waals surface area contributed by atoms with Crippen LogP contribution in [0.4, 0.5) is 5.95 Å². The van der Waals surface area contributed by atoms with Crippen LogP contribution in [0.1, 0.15) is 11.3 Å². The van der Waals surface area contributed by atoms with Crippen molar-refractivity contribution in [3.8, 4) is 11.8 Å². The molecule has 0 spiro atoms. The Bertz CT molecular complexity index is 780. The Hall–Kier alpha value is -3.22. The van der Waals surface area contributed by atoms with Gasteiger partial charge in [-0.15, -0.1) is 0 Å². The molecule has 7 heteroatoms. The number of ether oxygens (including phenoxy) is 1. The zero-order valence-electron chi connectivity index (χ0n) is 11.9. The number of hydrogen-bond donors (Lipinski definition) is 1. The summed E-state index contributed by atoms with van der Waals surface area (Å²) in [5.74, 6) is 1.01. The van der Waals surface area contributed by atoms with Gasteiger partial charge in [-0.05, 0) is 42.8 Å². The molecule has 2 heterocycles. The van der Waals surface area contributed by atoms with Gasteiger partial charge in [0, 0.05) is 12.4 Å². The standard InChI is InChI=1S/C15H14N6O/c1-11-10-21(14(16)20-11)19-9-12-3-5-13(6-4-12)22-15-17-7-2-8-18-15/h2-10H,1H3,(H2,16,20). The fraction of sp³-hybridized carbons (Fsp3) is 0.0667. The van der Waals surface area contributed by atoms with E-state index in [2.05, 4.69) is 20.1 Å². The summed E-state index contributed by atoms with van der Waals surface area (Å²) in [6.07, 6.45) is 6.71. The van der Waals surface area contributed by atoms with E-state index in [0.29, 0.717) is 17.7 Å². The van der Waals surface area contributed by atoms with E-state index < -0.39 is 0 Å². The first-order chi connectivity index (χ1) is 10.7. The third-order valence-corrected chi connectivity index (χ3v) is 2.80. The summed E-state index contributed by atoms with van der Waals surface area (Å²) in [6, 6.07) is 9.44. The molecule has 0 saturated heterocycles. The summed E-state index contributed by atoms with van der Waals surface area (Å²) in [5.41, 5.74) is 7.45. The monoisotopic (exact) mass is 294 g/mol. The highest BCUT2D eigenvalue weighted by atomic mass is 16.5. The fourth-order valence-corrected chi connectivity index (χ4v) is 1.79. The number of nitrogens with zero attached hydrogens (tertiary/aromatic N) is 5. The molecule has 0 saturated carbocycles. The second kappa shape index (κ2) is 6.04. The van der Waals surface area contributed by atoms with Crippen molar-refractivity contribution in [2.45, 2.75) is 6.92 Å². The van der Waals surface area contributed by atoms with Crippen LogP contribution < -0.4 is 10.5 Å². The van der Waals surface area contributed by atoms with Crippen LogP contribution in [-0.4, -0.2) is 25.8 Å². The van der Waals surface area contributed by atoms with Crippen LogP contribution in [0, 0.1) is 6.92 Å². The van der Waals surface area contributed by atoms with Gasteiger partial charge in [0.1, 0.15) is 5.75 Å². The van der Waals surface area contributed by atoms with Gasteiger partial charge in [0.2, 0.25) is 5.95 Å². The van der Waals surface area contributed by atoms with E-state index in [4.69, 9.17) is 10.5 Å². The van der Waals surface area contributed by atoms with Gasteiger partial charge >= 0.3 is 6.01 Å². The average Bonchev–Trinajstić information content (AvgIpc) is 2.85. The molecule has 0 aliphatic carbocycles. The molecule has 0 unspecified atom stereocenters. The van der Waals surface area contributed by atoms with E-state index in [-0.39, 0.29) is 0 Å². The van der Waals surface area contributed by atoms with Crippen LogP contribution in [0.2, 0.25) is 0 Å². The van der Waals surface area contributed by atoms with Crippen LogP contribution in [0.25, 0.3) is 0 Å². The maximum atomic E-state index is 5.72. The van der Waals surface area contributed by atoms with E-state index in [9.17, 15) is 0 Å². The lowest BCUT2D eigenvalue weighted by Crippen LogP contribution is -1.97. The van der Waals surface area contributed by atoms with Crippen LogP contribution >= 0.6 is 0 Å². The molecule has 3 aromatic rings. The van der Waals surface area contributed by atoms with E-state index in [0.717, 1.165) is 11.3 Å². The summed E-state index contributed by atoms with van der Waals surface area (Å²) in [5, 5.41) is 4.25. The van der Waals surface area contributed by atoms with Gasteiger partial charge in [-0.2, -0.15) is 5.10 Å². The smallest absolute Gasteiger partial charge is 0.321 e. The molecule has 0 aliphatic heterocycles. The fourth-order valence-electron chi connectivity index (χ4n) is 1.79. The summed E-state index contributed by atoms with van der Waals surface area (Å²) in [7, 11) is 0. The second-order valence-corrected chi connectivity index (χ2v) is 4.53. The lowest BCUT2D eigenvalue weighted by Gasteiger charge is -2.03. The quantitative estimate of drug-likeness (QED) is 0.745. The molecular weight excluding hydrogens is 280 g/mol. The topological polar surface area (TPSA) is 91.2 Å². The van der Waals surface area contributed by atoms with Gasteiger partial charge < -0.3 is 10.5 Å². The highest BCUT2D eigenvalue weighted by Gasteiger charge is 2.00. The van der Waals surface area contributed by atoms with Crippen molar-refractivity contribution < 1.29 is 4.74 Å². The molecule has 2 N–H and O–H groups in total. The SMILES string of the molecule is Cc1cn(N=Cc2ccc(Oc3ncccn3)cc2)c(N)n1. The molecule has 0 aliphatic rings. The first kappa shape index (κ1) is 13.7. The minimum absolute atomic E-state index is 0.311. The number of aromatic nitrogens is 4. The third kappa shape index (κ3) is 3.26. The van der Waals surface area contributed by atoms with Crippen LogP contribution in [0.3, 0.4) is 0 Å². The Labute approximate surface area is 127 Å². The molecular formula is C15H14N6O. The van der Waals surface area contributed by atoms with E-state index >= 15 is 0 Å². The van der Waals surface area contributed by atoms with Gasteiger partial charge in [0.05, 0.1) is 18.1 Å². The Balaban J connectivity index is 1.70. The third-order valence-electron chi connectivity index (χ3n) is 2.80. The zero-order chi connectivity index (χ0) is 15.4. The van der Waals surface area contributed by atoms with Crippen molar-refractivity contribution >= 4 is 12.2 Å². The minimum atomic E-state index is 0.311. The number of anilines is 1. The molecule has 0 amide bonds. The summed E-state index contributed by atoms with van der Waals surface area (Å²) >= 11 is 0. The number of aryl methyl sites for hydroxylation is 1. The number of nitrogen functional groups attached to an aromatic ring is 1. The maximum Gasteiger partial charge on any atom is 0.321 e. The number of benzene rings is 1. The van der Waals surface area contributed by atoms with Crippen LogP contribution in [-0.2, 0) is 0 Å². The lowest BCUT2D eigenvalue weighted by atomic mass is 10.2. The first-order valence-corrected chi connectivity index (χ1v) is 6.61. The predicted molar refractivity (Wildman–Crippen MR) is 82.9 cm³/mol. The van der Waals surface area contributed by atoms with Gasteiger partial charge in [-0.25, -0.2) is 19.6 Å². The normalized spacial score (nSPS) is 11.0. The Morgan fingerprint density at radius 2 is 1.91 bits per heavy atom. The van der Waals surface area contributed by atoms with Crippen molar-refractivity contribution in [3.63, 3.8) is 0 Å². The van der Waals surface area contributed by atoms with E-state index in [1.165, 1.54) is 4.68 Å². The molecule has 0 radical (unpaired) electrons. The number of rotatable bonds is 4. The van der Waals surface area contributed by atoms with Crippen LogP contribution in [0.5, 0.6) is 11.8 Å². The van der Waals surface area contributed by atoms with Crippen molar-refractivity contribution in [2.75, 3.05) is 5.73 Å². The lowest BCUT2D eigenvalue weighted by molar-refractivity contribution is 0.442. The zero-order valence-corrected chi connectivity index (χ0v) is 11.9. The molecule has 110 valence electrons. The average molecular weight is 294 g/mol. The highest BCUT2D eigenvalue weighted by Crippen LogP contribution is 2.17. The Morgan fingerprint density at radius 1 is 1.18 bits per heavy atom. The van der Waals surface area contributed by atoms with Gasteiger partial charge in [0.25, 0.3) is 0 Å². The Morgan fingerprint density at radius 3 is 2.55 bits per heavy atom.